The zero-order valence-electron chi connectivity index (χ0n) is 12.0. The number of benzene rings is 1. The Kier molecular flexibility index (Phi) is 3.75. The van der Waals surface area contributed by atoms with Gasteiger partial charge in [0.05, 0.1) is 11.9 Å². The molecule has 1 saturated carbocycles. The summed E-state index contributed by atoms with van der Waals surface area (Å²) in [7, 11) is 0. The molecule has 5 nitrogen and oxygen atoms in total. The van der Waals surface area contributed by atoms with E-state index in [-0.39, 0.29) is 0 Å². The number of aromatic nitrogens is 2. The third kappa shape index (κ3) is 3.13. The summed E-state index contributed by atoms with van der Waals surface area (Å²) in [6, 6.07) is 9.84. The number of nitrogens with zero attached hydrogens (tertiary/aromatic N) is 3. The van der Waals surface area contributed by atoms with Crippen LogP contribution in [0.4, 0.5) is 0 Å². The van der Waals surface area contributed by atoms with Crippen molar-refractivity contribution >= 4 is 5.97 Å². The Morgan fingerprint density at radius 2 is 2.14 bits per heavy atom. The van der Waals surface area contributed by atoms with Crippen molar-refractivity contribution in [1.29, 1.82) is 0 Å². The van der Waals surface area contributed by atoms with Gasteiger partial charge in [0.1, 0.15) is 6.04 Å². The van der Waals surface area contributed by atoms with Crippen LogP contribution in [0, 0.1) is 0 Å². The molecule has 2 aromatic rings. The van der Waals surface area contributed by atoms with Gasteiger partial charge in [-0.2, -0.15) is 5.10 Å². The molecule has 1 unspecified atom stereocenters. The van der Waals surface area contributed by atoms with E-state index in [0.29, 0.717) is 12.6 Å². The molecule has 21 heavy (non-hydrogen) atoms. The number of rotatable bonds is 6. The number of para-hydroxylation sites is 1. The largest absolute Gasteiger partial charge is 0.480 e. The van der Waals surface area contributed by atoms with E-state index in [2.05, 4.69) is 10.00 Å². The first kappa shape index (κ1) is 13.8. The van der Waals surface area contributed by atoms with E-state index in [1.54, 1.807) is 6.92 Å². The van der Waals surface area contributed by atoms with Crippen molar-refractivity contribution < 1.29 is 9.90 Å². The zero-order valence-corrected chi connectivity index (χ0v) is 12.0. The minimum Gasteiger partial charge on any atom is -0.480 e. The third-order valence-electron chi connectivity index (χ3n) is 3.89. The van der Waals surface area contributed by atoms with E-state index < -0.39 is 12.0 Å². The number of carboxylic acids is 1. The van der Waals surface area contributed by atoms with Crippen molar-refractivity contribution in [3.63, 3.8) is 0 Å². The van der Waals surface area contributed by atoms with Crippen molar-refractivity contribution in [2.24, 2.45) is 0 Å². The molecule has 1 aromatic carbocycles. The summed E-state index contributed by atoms with van der Waals surface area (Å²) >= 11 is 0. The highest BCUT2D eigenvalue weighted by molar-refractivity contribution is 5.73. The van der Waals surface area contributed by atoms with Crippen molar-refractivity contribution in [2.75, 3.05) is 0 Å². The normalized spacial score (nSPS) is 16.1. The number of carboxylic acid groups (broad SMARTS) is 1. The van der Waals surface area contributed by atoms with Gasteiger partial charge in [0.25, 0.3) is 0 Å². The Balaban J connectivity index is 1.75. The van der Waals surface area contributed by atoms with Crippen molar-refractivity contribution in [1.82, 2.24) is 14.7 Å². The molecule has 0 saturated heterocycles. The monoisotopic (exact) mass is 285 g/mol. The van der Waals surface area contributed by atoms with E-state index in [9.17, 15) is 9.90 Å². The van der Waals surface area contributed by atoms with E-state index >= 15 is 0 Å². The van der Waals surface area contributed by atoms with Crippen LogP contribution in [0.25, 0.3) is 5.69 Å². The van der Waals surface area contributed by atoms with Gasteiger partial charge in [0, 0.05) is 24.3 Å². The van der Waals surface area contributed by atoms with Crippen LogP contribution in [0.15, 0.2) is 42.7 Å². The number of hydrogen-bond acceptors (Lipinski definition) is 3. The summed E-state index contributed by atoms with van der Waals surface area (Å²) in [6.07, 6.45) is 5.96. The molecule has 1 heterocycles. The second kappa shape index (κ2) is 5.69. The fraction of sp³-hybridized carbons (Fsp3) is 0.375. The fourth-order valence-corrected chi connectivity index (χ4v) is 2.50. The minimum atomic E-state index is -0.766. The summed E-state index contributed by atoms with van der Waals surface area (Å²) < 4.78 is 1.83. The van der Waals surface area contributed by atoms with Crippen LogP contribution in [0.3, 0.4) is 0 Å². The number of hydrogen-bond donors (Lipinski definition) is 1. The Morgan fingerprint density at radius 1 is 1.43 bits per heavy atom. The second-order valence-electron chi connectivity index (χ2n) is 5.55. The number of aliphatic carboxylic acids is 1. The van der Waals surface area contributed by atoms with E-state index in [1.807, 2.05) is 47.4 Å². The molecule has 3 rings (SSSR count). The average molecular weight is 285 g/mol. The smallest absolute Gasteiger partial charge is 0.320 e. The van der Waals surface area contributed by atoms with Crippen molar-refractivity contribution in [2.45, 2.75) is 38.4 Å². The maximum Gasteiger partial charge on any atom is 0.320 e. The summed E-state index contributed by atoms with van der Waals surface area (Å²) in [4.78, 5) is 13.3. The summed E-state index contributed by atoms with van der Waals surface area (Å²) in [6.45, 7) is 2.38. The molecule has 0 amide bonds. The maximum atomic E-state index is 11.2. The molecule has 1 atom stereocenters. The van der Waals surface area contributed by atoms with E-state index in [0.717, 1.165) is 24.1 Å². The SMILES string of the molecule is CC(C(=O)O)N(Cc1cnn(-c2ccccc2)c1)C1CC1. The molecule has 0 radical (unpaired) electrons. The molecule has 0 spiro atoms. The molecule has 0 bridgehead atoms. The van der Waals surface area contributed by atoms with Gasteiger partial charge in [-0.25, -0.2) is 4.68 Å². The molecule has 110 valence electrons. The first-order valence-corrected chi connectivity index (χ1v) is 7.22. The molecule has 1 aromatic heterocycles. The minimum absolute atomic E-state index is 0.399. The summed E-state index contributed by atoms with van der Waals surface area (Å²) in [5.41, 5.74) is 2.05. The predicted octanol–water partition coefficient (Wildman–Crippen LogP) is 2.31. The van der Waals surface area contributed by atoms with Crippen molar-refractivity contribution in [3.05, 3.63) is 48.3 Å². The Bertz CT molecular complexity index is 619. The summed E-state index contributed by atoms with van der Waals surface area (Å²) in [5.74, 6) is -0.766. The first-order valence-electron chi connectivity index (χ1n) is 7.22. The maximum absolute atomic E-state index is 11.2. The molecule has 0 aliphatic heterocycles. The Morgan fingerprint density at radius 3 is 2.76 bits per heavy atom. The molecular formula is C16H19N3O2. The molecule has 1 N–H and O–H groups in total. The van der Waals surface area contributed by atoms with Crippen LogP contribution >= 0.6 is 0 Å². The van der Waals surface area contributed by atoms with E-state index in [1.165, 1.54) is 0 Å². The van der Waals surface area contributed by atoms with Crippen molar-refractivity contribution in [3.8, 4) is 5.69 Å². The topological polar surface area (TPSA) is 58.4 Å². The van der Waals surface area contributed by atoms with Gasteiger partial charge in [0.15, 0.2) is 0 Å². The Hall–Kier alpha value is -2.14. The second-order valence-corrected chi connectivity index (χ2v) is 5.55. The molecule has 1 aliphatic rings. The van der Waals surface area contributed by atoms with Gasteiger partial charge >= 0.3 is 5.97 Å². The van der Waals surface area contributed by atoms with Crippen LogP contribution in [0.1, 0.15) is 25.3 Å². The lowest BCUT2D eigenvalue weighted by Crippen LogP contribution is -2.39. The van der Waals surface area contributed by atoms with Crippen LogP contribution in [-0.4, -0.2) is 37.8 Å². The molecule has 1 aliphatic carbocycles. The highest BCUT2D eigenvalue weighted by atomic mass is 16.4. The van der Waals surface area contributed by atoms with Gasteiger partial charge in [0.2, 0.25) is 0 Å². The van der Waals surface area contributed by atoms with Gasteiger partial charge < -0.3 is 5.11 Å². The van der Waals surface area contributed by atoms with E-state index in [4.69, 9.17) is 0 Å². The van der Waals surface area contributed by atoms with Gasteiger partial charge in [-0.15, -0.1) is 0 Å². The van der Waals surface area contributed by atoms with Gasteiger partial charge in [-0.1, -0.05) is 18.2 Å². The van der Waals surface area contributed by atoms with Gasteiger partial charge in [-0.3, -0.25) is 9.69 Å². The molecule has 1 fully saturated rings. The lowest BCUT2D eigenvalue weighted by molar-refractivity contribution is -0.143. The molecular weight excluding hydrogens is 266 g/mol. The average Bonchev–Trinajstić information content (AvgIpc) is 3.23. The standard InChI is InChI=1S/C16H19N3O2/c1-12(16(20)21)18(14-7-8-14)10-13-9-17-19(11-13)15-5-3-2-4-6-15/h2-6,9,11-12,14H,7-8,10H2,1H3,(H,20,21). The quantitative estimate of drug-likeness (QED) is 0.885. The highest BCUT2D eigenvalue weighted by Crippen LogP contribution is 2.30. The first-order chi connectivity index (χ1) is 10.1. The van der Waals surface area contributed by atoms with Gasteiger partial charge in [-0.05, 0) is 31.9 Å². The van der Waals surface area contributed by atoms with Crippen LogP contribution in [0.5, 0.6) is 0 Å². The lowest BCUT2D eigenvalue weighted by Gasteiger charge is -2.25. The fourth-order valence-electron chi connectivity index (χ4n) is 2.50. The van der Waals surface area contributed by atoms with Crippen LogP contribution in [-0.2, 0) is 11.3 Å². The predicted molar refractivity (Wildman–Crippen MR) is 79.2 cm³/mol. The van der Waals surface area contributed by atoms with Crippen LogP contribution < -0.4 is 0 Å². The third-order valence-corrected chi connectivity index (χ3v) is 3.89. The molecule has 5 heteroatoms. The number of carbonyl (C=O) groups is 1. The Labute approximate surface area is 123 Å². The van der Waals surface area contributed by atoms with Crippen LogP contribution in [0.2, 0.25) is 0 Å². The highest BCUT2D eigenvalue weighted by Gasteiger charge is 2.35. The lowest BCUT2D eigenvalue weighted by atomic mass is 10.2. The summed E-state index contributed by atoms with van der Waals surface area (Å²) in [5, 5.41) is 13.6. The zero-order chi connectivity index (χ0) is 14.8.